The van der Waals surface area contributed by atoms with Crippen molar-refractivity contribution in [1.82, 2.24) is 0 Å². The third-order valence-corrected chi connectivity index (χ3v) is 3.28. The van der Waals surface area contributed by atoms with Crippen molar-refractivity contribution in [3.63, 3.8) is 0 Å². The lowest BCUT2D eigenvalue weighted by atomic mass is 10.0. The predicted molar refractivity (Wildman–Crippen MR) is 77.5 cm³/mol. The van der Waals surface area contributed by atoms with Crippen molar-refractivity contribution in [1.29, 1.82) is 5.26 Å². The minimum Gasteiger partial charge on any atom is -0.398 e. The zero-order valence-corrected chi connectivity index (χ0v) is 11.8. The Hall–Kier alpha value is -1.69. The molecule has 98 valence electrons. The van der Waals surface area contributed by atoms with Gasteiger partial charge < -0.3 is 10.6 Å². The number of nitrogens with two attached hydrogens (primary N) is 1. The summed E-state index contributed by atoms with van der Waals surface area (Å²) in [5.41, 5.74) is 8.60. The minimum atomic E-state index is 0.367. The van der Waals surface area contributed by atoms with Crippen LogP contribution < -0.4 is 10.6 Å². The van der Waals surface area contributed by atoms with E-state index in [0.29, 0.717) is 24.1 Å². The molecule has 0 radical (unpaired) electrons. The lowest BCUT2D eigenvalue weighted by Crippen LogP contribution is -2.30. The van der Waals surface area contributed by atoms with E-state index in [0.717, 1.165) is 17.7 Å². The van der Waals surface area contributed by atoms with Gasteiger partial charge in [0.05, 0.1) is 12.5 Å². The number of benzene rings is 1. The van der Waals surface area contributed by atoms with Crippen LogP contribution in [-0.2, 0) is 6.42 Å². The molecule has 1 atom stereocenters. The standard InChI is InChI=1S/C15H23N3/c1-11(2)9-12(3)18(4)14-5-6-15(17)13(10-14)7-8-16/h5-6,10-12H,7,9,17H2,1-4H3. The third-order valence-electron chi connectivity index (χ3n) is 3.28. The summed E-state index contributed by atoms with van der Waals surface area (Å²) in [5, 5.41) is 8.78. The second-order valence-electron chi connectivity index (χ2n) is 5.31. The number of nitrogens with zero attached hydrogens (tertiary/aromatic N) is 2. The maximum absolute atomic E-state index is 8.78. The summed E-state index contributed by atoms with van der Waals surface area (Å²) in [4.78, 5) is 2.25. The fourth-order valence-electron chi connectivity index (χ4n) is 2.14. The van der Waals surface area contributed by atoms with Crippen LogP contribution in [0.4, 0.5) is 11.4 Å². The molecule has 0 amide bonds. The van der Waals surface area contributed by atoms with Crippen LogP contribution in [0.1, 0.15) is 32.8 Å². The molecule has 0 fully saturated rings. The smallest absolute Gasteiger partial charge is 0.0670 e. The quantitative estimate of drug-likeness (QED) is 0.810. The number of hydrogen-bond donors (Lipinski definition) is 1. The van der Waals surface area contributed by atoms with Gasteiger partial charge in [-0.05, 0) is 43.0 Å². The van der Waals surface area contributed by atoms with Gasteiger partial charge >= 0.3 is 0 Å². The van der Waals surface area contributed by atoms with Crippen LogP contribution >= 0.6 is 0 Å². The summed E-state index contributed by atoms with van der Waals surface area (Å²) in [7, 11) is 2.09. The number of nitrogen functional groups attached to an aromatic ring is 1. The molecule has 0 aliphatic heterocycles. The highest BCUT2D eigenvalue weighted by Crippen LogP contribution is 2.24. The average molecular weight is 245 g/mol. The fraction of sp³-hybridized carbons (Fsp3) is 0.533. The summed E-state index contributed by atoms with van der Waals surface area (Å²) in [5.74, 6) is 0.676. The molecule has 0 aromatic heterocycles. The van der Waals surface area contributed by atoms with Crippen LogP contribution in [0.25, 0.3) is 0 Å². The van der Waals surface area contributed by atoms with Gasteiger partial charge in [0.15, 0.2) is 0 Å². The Morgan fingerprint density at radius 1 is 1.33 bits per heavy atom. The molecule has 2 N–H and O–H groups in total. The van der Waals surface area contributed by atoms with Gasteiger partial charge in [-0.1, -0.05) is 13.8 Å². The molecule has 0 spiro atoms. The Labute approximate surface area is 110 Å². The van der Waals surface area contributed by atoms with Crippen molar-refractivity contribution in [3.05, 3.63) is 23.8 Å². The van der Waals surface area contributed by atoms with E-state index in [-0.39, 0.29) is 0 Å². The largest absolute Gasteiger partial charge is 0.398 e. The molecule has 0 bridgehead atoms. The topological polar surface area (TPSA) is 53.0 Å². The zero-order chi connectivity index (χ0) is 13.7. The summed E-state index contributed by atoms with van der Waals surface area (Å²) in [6, 6.07) is 8.56. The van der Waals surface area contributed by atoms with Gasteiger partial charge in [-0.2, -0.15) is 5.26 Å². The van der Waals surface area contributed by atoms with Gasteiger partial charge in [0.2, 0.25) is 0 Å². The summed E-state index contributed by atoms with van der Waals surface area (Å²) in [6.07, 6.45) is 1.51. The van der Waals surface area contributed by atoms with E-state index in [4.69, 9.17) is 11.0 Å². The van der Waals surface area contributed by atoms with E-state index >= 15 is 0 Å². The maximum atomic E-state index is 8.78. The van der Waals surface area contributed by atoms with Crippen LogP contribution in [-0.4, -0.2) is 13.1 Å². The second kappa shape index (κ2) is 6.30. The molecule has 1 rings (SSSR count). The Kier molecular flexibility index (Phi) is 5.03. The zero-order valence-electron chi connectivity index (χ0n) is 11.8. The van der Waals surface area contributed by atoms with Crippen LogP contribution in [0.3, 0.4) is 0 Å². The Morgan fingerprint density at radius 3 is 2.56 bits per heavy atom. The molecule has 18 heavy (non-hydrogen) atoms. The van der Waals surface area contributed by atoms with E-state index in [2.05, 4.69) is 38.8 Å². The summed E-state index contributed by atoms with van der Waals surface area (Å²) >= 11 is 0. The van der Waals surface area contributed by atoms with Gasteiger partial charge in [-0.25, -0.2) is 0 Å². The van der Waals surface area contributed by atoms with E-state index in [1.165, 1.54) is 0 Å². The molecule has 3 heteroatoms. The van der Waals surface area contributed by atoms with Crippen molar-refractivity contribution in [2.24, 2.45) is 5.92 Å². The number of hydrogen-bond acceptors (Lipinski definition) is 3. The monoisotopic (exact) mass is 245 g/mol. The normalized spacial score (nSPS) is 12.2. The number of nitriles is 1. The van der Waals surface area contributed by atoms with Crippen molar-refractivity contribution in [3.8, 4) is 6.07 Å². The van der Waals surface area contributed by atoms with E-state index < -0.39 is 0 Å². The molecule has 0 aliphatic carbocycles. The van der Waals surface area contributed by atoms with Gasteiger partial charge in [0.1, 0.15) is 0 Å². The Morgan fingerprint density at radius 2 is 2.00 bits per heavy atom. The van der Waals surface area contributed by atoms with Gasteiger partial charge in [-0.3, -0.25) is 0 Å². The van der Waals surface area contributed by atoms with Crippen LogP contribution in [0.5, 0.6) is 0 Å². The third kappa shape index (κ3) is 3.66. The fourth-order valence-corrected chi connectivity index (χ4v) is 2.14. The van der Waals surface area contributed by atoms with Gasteiger partial charge in [-0.15, -0.1) is 0 Å². The number of rotatable bonds is 5. The molecule has 1 aromatic carbocycles. The lowest BCUT2D eigenvalue weighted by Gasteiger charge is -2.29. The first-order chi connectivity index (χ1) is 8.45. The highest BCUT2D eigenvalue weighted by atomic mass is 15.1. The molecule has 0 aliphatic rings. The highest BCUT2D eigenvalue weighted by molar-refractivity contribution is 5.59. The van der Waals surface area contributed by atoms with Gasteiger partial charge in [0, 0.05) is 24.5 Å². The van der Waals surface area contributed by atoms with Crippen molar-refractivity contribution in [2.45, 2.75) is 39.7 Å². The van der Waals surface area contributed by atoms with E-state index in [9.17, 15) is 0 Å². The maximum Gasteiger partial charge on any atom is 0.0670 e. The average Bonchev–Trinajstić information content (AvgIpc) is 2.30. The predicted octanol–water partition coefficient (Wildman–Crippen LogP) is 3.21. The van der Waals surface area contributed by atoms with Crippen LogP contribution in [0, 0.1) is 17.2 Å². The van der Waals surface area contributed by atoms with Crippen LogP contribution in [0.2, 0.25) is 0 Å². The first kappa shape index (κ1) is 14.4. The molecular formula is C15H23N3. The molecule has 0 saturated carbocycles. The molecule has 1 unspecified atom stereocenters. The SMILES string of the molecule is CC(C)CC(C)N(C)c1ccc(N)c(CC#N)c1. The summed E-state index contributed by atoms with van der Waals surface area (Å²) < 4.78 is 0. The second-order valence-corrected chi connectivity index (χ2v) is 5.31. The van der Waals surface area contributed by atoms with Gasteiger partial charge in [0.25, 0.3) is 0 Å². The molecule has 1 aromatic rings. The molecule has 3 nitrogen and oxygen atoms in total. The minimum absolute atomic E-state index is 0.367. The highest BCUT2D eigenvalue weighted by Gasteiger charge is 2.12. The molecular weight excluding hydrogens is 222 g/mol. The van der Waals surface area contributed by atoms with E-state index in [1.807, 2.05) is 18.2 Å². The first-order valence-corrected chi connectivity index (χ1v) is 6.43. The summed E-state index contributed by atoms with van der Waals surface area (Å²) in [6.45, 7) is 6.68. The first-order valence-electron chi connectivity index (χ1n) is 6.43. The Balaban J connectivity index is 2.89. The molecule has 0 heterocycles. The molecule has 0 saturated heterocycles. The number of anilines is 2. The van der Waals surface area contributed by atoms with Crippen molar-refractivity contribution >= 4 is 11.4 Å². The van der Waals surface area contributed by atoms with E-state index in [1.54, 1.807) is 0 Å². The lowest BCUT2D eigenvalue weighted by molar-refractivity contribution is 0.504. The Bertz CT molecular complexity index is 432. The van der Waals surface area contributed by atoms with Crippen molar-refractivity contribution < 1.29 is 0 Å². The van der Waals surface area contributed by atoms with Crippen molar-refractivity contribution in [2.75, 3.05) is 17.7 Å². The van der Waals surface area contributed by atoms with Crippen LogP contribution in [0.15, 0.2) is 18.2 Å².